The molecule has 1 fully saturated rings. The highest BCUT2D eigenvalue weighted by atomic mass is 35.5. The summed E-state index contributed by atoms with van der Waals surface area (Å²) >= 11 is 7.27. The molecule has 8 heteroatoms. The molecule has 6 nitrogen and oxygen atoms in total. The van der Waals surface area contributed by atoms with E-state index >= 15 is 0 Å². The number of esters is 1. The summed E-state index contributed by atoms with van der Waals surface area (Å²) in [5.41, 5.74) is 3.89. The molecule has 0 N–H and O–H groups in total. The van der Waals surface area contributed by atoms with E-state index in [9.17, 15) is 14.4 Å². The maximum absolute atomic E-state index is 12.9. The first-order valence-corrected chi connectivity index (χ1v) is 11.9. The van der Waals surface area contributed by atoms with Gasteiger partial charge in [-0.1, -0.05) is 59.1 Å². The maximum Gasteiger partial charge on any atom is 0.343 e. The Hall–Kier alpha value is -3.55. The van der Waals surface area contributed by atoms with Crippen molar-refractivity contribution in [1.29, 1.82) is 0 Å². The average Bonchev–Trinajstić information content (AvgIpc) is 3.09. The normalized spacial score (nSPS) is 14.5. The Balaban J connectivity index is 1.55. The predicted molar refractivity (Wildman–Crippen MR) is 137 cm³/mol. The first-order chi connectivity index (χ1) is 16.7. The third-order valence-corrected chi connectivity index (χ3v) is 6.55. The number of carbonyl (C=O) groups excluding carboxylic acids is 3. The van der Waals surface area contributed by atoms with Gasteiger partial charge in [0.15, 0.2) is 11.5 Å². The van der Waals surface area contributed by atoms with Gasteiger partial charge in [-0.2, -0.15) is 0 Å². The summed E-state index contributed by atoms with van der Waals surface area (Å²) in [7, 11) is 1.42. The molecule has 35 heavy (non-hydrogen) atoms. The standard InChI is InChI=1S/C27H22ClNO5S/c1-16-4-8-18(9-5-16)15-29-25(30)23(35-27(29)32)14-19-12-21(28)24(22(13-19)33-3)34-26(31)20-10-6-17(2)7-11-20/h4-14H,15H2,1-3H3/b23-14-. The topological polar surface area (TPSA) is 72.9 Å². The molecule has 3 aromatic carbocycles. The fourth-order valence-corrected chi connectivity index (χ4v) is 4.52. The summed E-state index contributed by atoms with van der Waals surface area (Å²) in [6.07, 6.45) is 1.57. The number of carbonyl (C=O) groups is 3. The minimum atomic E-state index is -0.574. The Morgan fingerprint density at radius 1 is 1.00 bits per heavy atom. The van der Waals surface area contributed by atoms with Gasteiger partial charge in [-0.15, -0.1) is 0 Å². The van der Waals surface area contributed by atoms with Crippen molar-refractivity contribution in [2.24, 2.45) is 0 Å². The van der Waals surface area contributed by atoms with Crippen LogP contribution in [0.4, 0.5) is 4.79 Å². The van der Waals surface area contributed by atoms with Crippen molar-refractivity contribution in [3.8, 4) is 11.5 Å². The molecule has 1 heterocycles. The third kappa shape index (κ3) is 5.58. The molecule has 0 spiro atoms. The number of rotatable bonds is 6. The van der Waals surface area contributed by atoms with Crippen LogP contribution in [0.2, 0.25) is 5.02 Å². The minimum absolute atomic E-state index is 0.0735. The summed E-state index contributed by atoms with van der Waals surface area (Å²) in [5, 5.41) is -0.210. The molecule has 1 saturated heterocycles. The lowest BCUT2D eigenvalue weighted by atomic mass is 10.1. The molecule has 0 atom stereocenters. The summed E-state index contributed by atoms with van der Waals surface area (Å²) < 4.78 is 10.9. The van der Waals surface area contributed by atoms with Crippen molar-refractivity contribution in [2.75, 3.05) is 7.11 Å². The molecule has 1 aliphatic rings. The molecule has 4 rings (SSSR count). The second-order valence-electron chi connectivity index (χ2n) is 8.04. The molecule has 1 aliphatic heterocycles. The van der Waals surface area contributed by atoms with Crippen molar-refractivity contribution < 1.29 is 23.9 Å². The highest BCUT2D eigenvalue weighted by molar-refractivity contribution is 8.18. The van der Waals surface area contributed by atoms with E-state index in [1.165, 1.54) is 12.0 Å². The summed E-state index contributed by atoms with van der Waals surface area (Å²) in [5.74, 6) is -0.659. The van der Waals surface area contributed by atoms with Crippen LogP contribution in [0.5, 0.6) is 11.5 Å². The number of benzene rings is 3. The van der Waals surface area contributed by atoms with Crippen molar-refractivity contribution in [3.05, 3.63) is 98.4 Å². The first kappa shape index (κ1) is 24.6. The highest BCUT2D eigenvalue weighted by Gasteiger charge is 2.35. The van der Waals surface area contributed by atoms with Gasteiger partial charge in [0, 0.05) is 0 Å². The van der Waals surface area contributed by atoms with Crippen molar-refractivity contribution >= 4 is 46.6 Å². The molecule has 0 aliphatic carbocycles. The largest absolute Gasteiger partial charge is 0.493 e. The lowest BCUT2D eigenvalue weighted by Gasteiger charge is -2.13. The Bertz CT molecular complexity index is 1330. The van der Waals surface area contributed by atoms with E-state index in [1.807, 2.05) is 50.2 Å². The quantitative estimate of drug-likeness (QED) is 0.218. The monoisotopic (exact) mass is 507 g/mol. The Labute approximate surface area is 212 Å². The number of ether oxygens (including phenoxy) is 2. The molecular formula is C27H22ClNO5S. The van der Waals surface area contributed by atoms with Gasteiger partial charge in [-0.25, -0.2) is 4.79 Å². The van der Waals surface area contributed by atoms with E-state index in [1.54, 1.807) is 30.3 Å². The molecule has 3 aromatic rings. The predicted octanol–water partition coefficient (Wildman–Crippen LogP) is 6.42. The van der Waals surface area contributed by atoms with Crippen LogP contribution >= 0.6 is 23.4 Å². The van der Waals surface area contributed by atoms with Crippen LogP contribution in [0.15, 0.2) is 65.6 Å². The van der Waals surface area contributed by atoms with Crippen molar-refractivity contribution in [2.45, 2.75) is 20.4 Å². The van der Waals surface area contributed by atoms with E-state index in [0.717, 1.165) is 28.5 Å². The lowest BCUT2D eigenvalue weighted by molar-refractivity contribution is -0.123. The molecule has 0 saturated carbocycles. The number of halogens is 1. The molecule has 0 aromatic heterocycles. The SMILES string of the molecule is COc1cc(/C=C2\SC(=O)N(Cc3ccc(C)cc3)C2=O)cc(Cl)c1OC(=O)c1ccc(C)cc1. The zero-order valence-corrected chi connectivity index (χ0v) is 20.9. The minimum Gasteiger partial charge on any atom is -0.493 e. The van der Waals surface area contributed by atoms with E-state index in [4.69, 9.17) is 21.1 Å². The van der Waals surface area contributed by atoms with Gasteiger partial charge in [0.25, 0.3) is 11.1 Å². The van der Waals surface area contributed by atoms with Crippen LogP contribution in [0.25, 0.3) is 6.08 Å². The molecule has 0 bridgehead atoms. The highest BCUT2D eigenvalue weighted by Crippen LogP contribution is 2.39. The zero-order valence-electron chi connectivity index (χ0n) is 19.3. The lowest BCUT2D eigenvalue weighted by Crippen LogP contribution is -2.27. The molecular weight excluding hydrogens is 486 g/mol. The van der Waals surface area contributed by atoms with Gasteiger partial charge in [-0.05, 0) is 67.1 Å². The summed E-state index contributed by atoms with van der Waals surface area (Å²) in [6.45, 7) is 4.09. The fraction of sp³-hybridized carbons (Fsp3) is 0.148. The number of nitrogens with zero attached hydrogens (tertiary/aromatic N) is 1. The van der Waals surface area contributed by atoms with Crippen LogP contribution < -0.4 is 9.47 Å². The summed E-state index contributed by atoms with van der Waals surface area (Å²) in [6, 6.07) is 17.8. The molecule has 2 amide bonds. The number of methoxy groups -OCH3 is 1. The van der Waals surface area contributed by atoms with Gasteiger partial charge < -0.3 is 9.47 Å². The van der Waals surface area contributed by atoms with Gasteiger partial charge in [0.05, 0.1) is 29.1 Å². The number of imide groups is 1. The molecule has 178 valence electrons. The molecule has 0 radical (unpaired) electrons. The average molecular weight is 508 g/mol. The molecule has 0 unspecified atom stereocenters. The first-order valence-electron chi connectivity index (χ1n) is 10.7. The van der Waals surface area contributed by atoms with Crippen molar-refractivity contribution in [1.82, 2.24) is 4.90 Å². The Kier molecular flexibility index (Phi) is 7.28. The maximum atomic E-state index is 12.9. The van der Waals surface area contributed by atoms with Gasteiger partial charge in [-0.3, -0.25) is 14.5 Å². The van der Waals surface area contributed by atoms with E-state index in [0.29, 0.717) is 11.1 Å². The van der Waals surface area contributed by atoms with Gasteiger partial charge in [0.1, 0.15) is 0 Å². The number of aryl methyl sites for hydroxylation is 2. The van der Waals surface area contributed by atoms with Crippen LogP contribution in [-0.4, -0.2) is 29.1 Å². The van der Waals surface area contributed by atoms with E-state index < -0.39 is 5.97 Å². The second kappa shape index (κ2) is 10.4. The van der Waals surface area contributed by atoms with Crippen LogP contribution in [0.3, 0.4) is 0 Å². The van der Waals surface area contributed by atoms with Crippen LogP contribution in [-0.2, 0) is 11.3 Å². The summed E-state index contributed by atoms with van der Waals surface area (Å²) in [4.78, 5) is 39.4. The number of thioether (sulfide) groups is 1. The van der Waals surface area contributed by atoms with Crippen LogP contribution in [0, 0.1) is 13.8 Å². The Morgan fingerprint density at radius 2 is 1.63 bits per heavy atom. The number of amides is 2. The van der Waals surface area contributed by atoms with E-state index in [2.05, 4.69) is 0 Å². The smallest absolute Gasteiger partial charge is 0.343 e. The van der Waals surface area contributed by atoms with Gasteiger partial charge >= 0.3 is 5.97 Å². The number of hydrogen-bond donors (Lipinski definition) is 0. The third-order valence-electron chi connectivity index (χ3n) is 5.37. The Morgan fingerprint density at radius 3 is 2.26 bits per heavy atom. The second-order valence-corrected chi connectivity index (χ2v) is 9.44. The fourth-order valence-electron chi connectivity index (χ4n) is 3.43. The number of hydrogen-bond acceptors (Lipinski definition) is 6. The van der Waals surface area contributed by atoms with Gasteiger partial charge in [0.2, 0.25) is 0 Å². The van der Waals surface area contributed by atoms with E-state index in [-0.39, 0.29) is 39.1 Å². The zero-order chi connectivity index (χ0) is 25.1. The van der Waals surface area contributed by atoms with Crippen LogP contribution in [0.1, 0.15) is 32.6 Å². The van der Waals surface area contributed by atoms with Crippen molar-refractivity contribution in [3.63, 3.8) is 0 Å².